The number of nitrogens with zero attached hydrogens (tertiary/aromatic N) is 1. The summed E-state index contributed by atoms with van der Waals surface area (Å²) in [6.07, 6.45) is 8.53. The summed E-state index contributed by atoms with van der Waals surface area (Å²) in [6.45, 7) is 0.766. The van der Waals surface area contributed by atoms with Gasteiger partial charge in [-0.3, -0.25) is 0 Å². The van der Waals surface area contributed by atoms with Crippen molar-refractivity contribution in [1.82, 2.24) is 19.4 Å². The largest absolute Gasteiger partial charge is 0.348 e. The second-order valence-corrected chi connectivity index (χ2v) is 8.42. The summed E-state index contributed by atoms with van der Waals surface area (Å²) < 4.78 is 30.0. The van der Waals surface area contributed by atoms with Crippen molar-refractivity contribution in [3.8, 4) is 0 Å². The van der Waals surface area contributed by atoms with Crippen LogP contribution in [-0.2, 0) is 23.2 Å². The molecule has 24 heavy (non-hydrogen) atoms. The third-order valence-electron chi connectivity index (χ3n) is 3.60. The standard InChI is InChI=1S/C16H23IN4O2S/c17-15-8-6-14(7-9-15)11-21-24(22,23)20-10-4-2-1-3-5-16-12-18-13-19-16/h6-9,12-13,20-21H,1-5,10-11H2,(H,18,19). The SMILES string of the molecule is O=S(=O)(NCCCCCCc1cnc[nH]1)NCc1ccc(I)cc1. The Hall–Kier alpha value is -0.970. The smallest absolute Gasteiger partial charge is 0.277 e. The Morgan fingerprint density at radius 3 is 2.50 bits per heavy atom. The molecule has 1 heterocycles. The van der Waals surface area contributed by atoms with E-state index < -0.39 is 10.2 Å². The molecule has 2 aromatic rings. The van der Waals surface area contributed by atoms with E-state index >= 15 is 0 Å². The maximum absolute atomic E-state index is 11.9. The van der Waals surface area contributed by atoms with Gasteiger partial charge in [-0.2, -0.15) is 13.1 Å². The van der Waals surface area contributed by atoms with Crippen molar-refractivity contribution in [2.24, 2.45) is 0 Å². The zero-order valence-corrected chi connectivity index (χ0v) is 16.4. The maximum Gasteiger partial charge on any atom is 0.277 e. The van der Waals surface area contributed by atoms with Gasteiger partial charge in [0.05, 0.1) is 6.33 Å². The van der Waals surface area contributed by atoms with Crippen LogP contribution in [0, 0.1) is 3.57 Å². The van der Waals surface area contributed by atoms with E-state index in [4.69, 9.17) is 0 Å². The number of rotatable bonds is 11. The second kappa shape index (κ2) is 10.1. The first-order valence-electron chi connectivity index (χ1n) is 8.01. The number of H-pyrrole nitrogens is 1. The van der Waals surface area contributed by atoms with Crippen LogP contribution >= 0.6 is 22.6 Å². The summed E-state index contributed by atoms with van der Waals surface area (Å²) in [4.78, 5) is 7.06. The molecule has 0 fully saturated rings. The third-order valence-corrected chi connectivity index (χ3v) is 5.43. The van der Waals surface area contributed by atoms with Gasteiger partial charge >= 0.3 is 0 Å². The molecule has 0 aliphatic rings. The minimum atomic E-state index is -3.43. The molecule has 0 aliphatic carbocycles. The van der Waals surface area contributed by atoms with Crippen LogP contribution in [0.4, 0.5) is 0 Å². The lowest BCUT2D eigenvalue weighted by atomic mass is 10.1. The molecule has 2 rings (SSSR count). The van der Waals surface area contributed by atoms with Crippen molar-refractivity contribution in [2.45, 2.75) is 38.6 Å². The molecular formula is C16H23IN4O2S. The number of unbranched alkanes of at least 4 members (excludes halogenated alkanes) is 3. The van der Waals surface area contributed by atoms with Crippen LogP contribution < -0.4 is 9.44 Å². The summed E-state index contributed by atoms with van der Waals surface area (Å²) in [5, 5.41) is 0. The first-order chi connectivity index (χ1) is 11.6. The fourth-order valence-electron chi connectivity index (χ4n) is 2.25. The highest BCUT2D eigenvalue weighted by Crippen LogP contribution is 2.07. The number of imidazole rings is 1. The zero-order valence-electron chi connectivity index (χ0n) is 13.5. The number of aromatic nitrogens is 2. The molecule has 0 saturated heterocycles. The van der Waals surface area contributed by atoms with Gasteiger partial charge in [0.15, 0.2) is 0 Å². The van der Waals surface area contributed by atoms with Gasteiger partial charge in [-0.1, -0.05) is 25.0 Å². The quantitative estimate of drug-likeness (QED) is 0.355. The normalized spacial score (nSPS) is 11.7. The second-order valence-electron chi connectivity index (χ2n) is 5.59. The fraction of sp³-hybridized carbons (Fsp3) is 0.438. The van der Waals surface area contributed by atoms with Crippen LogP contribution in [0.2, 0.25) is 0 Å². The van der Waals surface area contributed by atoms with E-state index in [0.29, 0.717) is 13.1 Å². The predicted molar refractivity (Wildman–Crippen MR) is 104 cm³/mol. The number of halogens is 1. The maximum atomic E-state index is 11.9. The summed E-state index contributed by atoms with van der Waals surface area (Å²) >= 11 is 2.22. The molecule has 3 N–H and O–H groups in total. The topological polar surface area (TPSA) is 86.9 Å². The molecule has 1 aromatic heterocycles. The van der Waals surface area contributed by atoms with E-state index in [1.165, 1.54) is 0 Å². The van der Waals surface area contributed by atoms with Crippen molar-refractivity contribution in [2.75, 3.05) is 6.54 Å². The molecular weight excluding hydrogens is 439 g/mol. The van der Waals surface area contributed by atoms with Gasteiger partial charge in [-0.25, -0.2) is 9.71 Å². The lowest BCUT2D eigenvalue weighted by Crippen LogP contribution is -2.36. The van der Waals surface area contributed by atoms with Gasteiger partial charge in [0, 0.05) is 28.6 Å². The van der Waals surface area contributed by atoms with Gasteiger partial charge in [0.2, 0.25) is 0 Å². The van der Waals surface area contributed by atoms with Gasteiger partial charge < -0.3 is 4.98 Å². The number of aryl methyl sites for hydroxylation is 1. The highest BCUT2D eigenvalue weighted by Gasteiger charge is 2.08. The monoisotopic (exact) mass is 462 g/mol. The molecule has 0 unspecified atom stereocenters. The third kappa shape index (κ3) is 7.73. The lowest BCUT2D eigenvalue weighted by Gasteiger charge is -2.08. The van der Waals surface area contributed by atoms with E-state index in [9.17, 15) is 8.42 Å². The predicted octanol–water partition coefficient (Wildman–Crippen LogP) is 2.74. The highest BCUT2D eigenvalue weighted by atomic mass is 127. The van der Waals surface area contributed by atoms with Gasteiger partial charge in [-0.15, -0.1) is 0 Å². The molecule has 0 amide bonds. The van der Waals surface area contributed by atoms with Crippen LogP contribution in [0.15, 0.2) is 36.8 Å². The van der Waals surface area contributed by atoms with Crippen LogP contribution in [0.25, 0.3) is 0 Å². The van der Waals surface area contributed by atoms with Crippen LogP contribution in [-0.4, -0.2) is 24.9 Å². The molecule has 132 valence electrons. The molecule has 0 radical (unpaired) electrons. The van der Waals surface area contributed by atoms with Crippen molar-refractivity contribution in [3.05, 3.63) is 51.6 Å². The molecule has 0 aliphatic heterocycles. The average Bonchev–Trinajstić information content (AvgIpc) is 3.07. The fourth-order valence-corrected chi connectivity index (χ4v) is 3.48. The number of hydrogen-bond acceptors (Lipinski definition) is 3. The zero-order chi connectivity index (χ0) is 17.3. The summed E-state index contributed by atoms with van der Waals surface area (Å²) in [5.74, 6) is 0. The minimum absolute atomic E-state index is 0.302. The van der Waals surface area contributed by atoms with E-state index in [-0.39, 0.29) is 0 Å². The number of aromatic amines is 1. The number of benzene rings is 1. The van der Waals surface area contributed by atoms with E-state index in [2.05, 4.69) is 42.0 Å². The Kier molecular flexibility index (Phi) is 8.16. The van der Waals surface area contributed by atoms with E-state index in [1.807, 2.05) is 30.5 Å². The number of hydrogen-bond donors (Lipinski definition) is 3. The Labute approximate surface area is 157 Å². The number of nitrogens with one attached hydrogen (secondary N) is 3. The van der Waals surface area contributed by atoms with Crippen molar-refractivity contribution in [1.29, 1.82) is 0 Å². The molecule has 6 nitrogen and oxygen atoms in total. The summed E-state index contributed by atoms with van der Waals surface area (Å²) in [7, 11) is -3.43. The minimum Gasteiger partial charge on any atom is -0.348 e. The van der Waals surface area contributed by atoms with Crippen LogP contribution in [0.5, 0.6) is 0 Å². The first-order valence-corrected chi connectivity index (χ1v) is 10.6. The molecule has 0 spiro atoms. The Bertz CT molecular complexity index is 687. The Balaban J connectivity index is 1.54. The molecule has 1 aromatic carbocycles. The van der Waals surface area contributed by atoms with Gasteiger partial charge in [0.1, 0.15) is 0 Å². The van der Waals surface area contributed by atoms with Gasteiger partial charge in [-0.05, 0) is 59.5 Å². The summed E-state index contributed by atoms with van der Waals surface area (Å²) in [5.41, 5.74) is 2.09. The van der Waals surface area contributed by atoms with Crippen molar-refractivity contribution >= 4 is 32.8 Å². The Morgan fingerprint density at radius 2 is 1.79 bits per heavy atom. The molecule has 0 saturated carbocycles. The summed E-state index contributed by atoms with van der Waals surface area (Å²) in [6, 6.07) is 7.76. The van der Waals surface area contributed by atoms with Crippen molar-refractivity contribution in [3.63, 3.8) is 0 Å². The first kappa shape index (κ1) is 19.4. The highest BCUT2D eigenvalue weighted by molar-refractivity contribution is 14.1. The lowest BCUT2D eigenvalue weighted by molar-refractivity contribution is 0.557. The Morgan fingerprint density at radius 1 is 1.04 bits per heavy atom. The molecule has 0 atom stereocenters. The van der Waals surface area contributed by atoms with Gasteiger partial charge in [0.25, 0.3) is 10.2 Å². The van der Waals surface area contributed by atoms with E-state index in [1.54, 1.807) is 6.33 Å². The molecule has 0 bridgehead atoms. The van der Waals surface area contributed by atoms with E-state index in [0.717, 1.165) is 46.9 Å². The van der Waals surface area contributed by atoms with Crippen LogP contribution in [0.3, 0.4) is 0 Å². The average molecular weight is 462 g/mol. The van der Waals surface area contributed by atoms with Crippen molar-refractivity contribution < 1.29 is 8.42 Å². The van der Waals surface area contributed by atoms with Crippen LogP contribution in [0.1, 0.15) is 36.9 Å². The molecule has 8 heteroatoms.